The lowest BCUT2D eigenvalue weighted by atomic mass is 10.2. The normalized spacial score (nSPS) is 12.2. The third-order valence-corrected chi connectivity index (χ3v) is 5.07. The molecule has 2 amide bonds. The molecule has 0 fully saturated rings. The van der Waals surface area contributed by atoms with Crippen molar-refractivity contribution in [1.82, 2.24) is 5.32 Å². The van der Waals surface area contributed by atoms with Crippen LogP contribution in [0.1, 0.15) is 11.1 Å². The van der Waals surface area contributed by atoms with Gasteiger partial charge in [-0.15, -0.1) is 0 Å². The molecule has 3 aromatic carbocycles. The molecule has 0 saturated carbocycles. The number of fused-ring (bicyclic) bond motifs is 1. The number of benzene rings is 3. The second-order valence-electron chi connectivity index (χ2n) is 7.21. The molecule has 31 heavy (non-hydrogen) atoms. The first-order valence-corrected chi connectivity index (χ1v) is 10.2. The number of amides is 2. The minimum absolute atomic E-state index is 0.0668. The maximum absolute atomic E-state index is 12.5. The van der Waals surface area contributed by atoms with E-state index in [2.05, 4.69) is 5.32 Å². The smallest absolute Gasteiger partial charge is 0.258 e. The number of nitrogens with one attached hydrogen (secondary N) is 1. The van der Waals surface area contributed by atoms with E-state index in [-0.39, 0.29) is 25.0 Å². The highest BCUT2D eigenvalue weighted by Gasteiger charge is 2.24. The molecule has 158 valence electrons. The fourth-order valence-corrected chi connectivity index (χ4v) is 3.49. The fourth-order valence-electron chi connectivity index (χ4n) is 3.49. The average molecular weight is 416 g/mol. The summed E-state index contributed by atoms with van der Waals surface area (Å²) in [6.07, 6.45) is 0.832. The quantitative estimate of drug-likeness (QED) is 0.612. The number of para-hydroxylation sites is 3. The van der Waals surface area contributed by atoms with Gasteiger partial charge in [0.25, 0.3) is 5.91 Å². The second-order valence-corrected chi connectivity index (χ2v) is 7.21. The van der Waals surface area contributed by atoms with Crippen LogP contribution in [0.5, 0.6) is 11.5 Å². The third kappa shape index (κ3) is 5.22. The highest BCUT2D eigenvalue weighted by Crippen LogP contribution is 2.28. The Hall–Kier alpha value is -3.80. The van der Waals surface area contributed by atoms with Crippen molar-refractivity contribution < 1.29 is 19.1 Å². The predicted octanol–water partition coefficient (Wildman–Crippen LogP) is 3.35. The van der Waals surface area contributed by atoms with Gasteiger partial charge in [-0.05, 0) is 35.7 Å². The number of nitrogens with zero attached hydrogens (tertiary/aromatic N) is 1. The number of ether oxygens (including phenoxy) is 2. The largest absolute Gasteiger partial charge is 0.485 e. The first-order chi connectivity index (χ1) is 15.2. The lowest BCUT2D eigenvalue weighted by molar-refractivity contribution is -0.126. The molecule has 1 aliphatic rings. The third-order valence-electron chi connectivity index (χ3n) is 5.07. The van der Waals surface area contributed by atoms with E-state index in [1.165, 1.54) is 0 Å². The molecule has 0 aliphatic carbocycles. The van der Waals surface area contributed by atoms with Gasteiger partial charge in [0.15, 0.2) is 18.1 Å². The van der Waals surface area contributed by atoms with Crippen molar-refractivity contribution in [1.29, 1.82) is 0 Å². The van der Waals surface area contributed by atoms with E-state index in [9.17, 15) is 9.59 Å². The first kappa shape index (κ1) is 20.5. The molecule has 0 saturated heterocycles. The van der Waals surface area contributed by atoms with Gasteiger partial charge in [0.2, 0.25) is 5.91 Å². The molecule has 0 unspecified atom stereocenters. The maximum atomic E-state index is 12.5. The Morgan fingerprint density at radius 3 is 2.32 bits per heavy atom. The lowest BCUT2D eigenvalue weighted by Gasteiger charge is -2.17. The zero-order chi connectivity index (χ0) is 21.5. The van der Waals surface area contributed by atoms with Crippen LogP contribution in [0.2, 0.25) is 0 Å². The molecule has 4 rings (SSSR count). The molecule has 1 aliphatic heterocycles. The molecule has 0 spiro atoms. The Labute approximate surface area is 181 Å². The van der Waals surface area contributed by atoms with Crippen molar-refractivity contribution in [2.24, 2.45) is 0 Å². The fraction of sp³-hybridized carbons (Fsp3) is 0.200. The molecule has 1 N–H and O–H groups in total. The Bertz CT molecular complexity index is 1050. The van der Waals surface area contributed by atoms with Gasteiger partial charge in [0, 0.05) is 12.2 Å². The van der Waals surface area contributed by atoms with E-state index in [0.717, 1.165) is 23.2 Å². The molecule has 0 bridgehead atoms. The predicted molar refractivity (Wildman–Crippen MR) is 118 cm³/mol. The number of hydrogen-bond donors (Lipinski definition) is 1. The van der Waals surface area contributed by atoms with Crippen LogP contribution in [0.3, 0.4) is 0 Å². The molecular weight excluding hydrogens is 392 g/mol. The number of rotatable bonds is 8. The molecule has 6 nitrogen and oxygen atoms in total. The number of hydrogen-bond acceptors (Lipinski definition) is 4. The van der Waals surface area contributed by atoms with Gasteiger partial charge < -0.3 is 19.7 Å². The summed E-state index contributed by atoms with van der Waals surface area (Å²) in [6.45, 7) is 0.772. The summed E-state index contributed by atoms with van der Waals surface area (Å²) >= 11 is 0. The van der Waals surface area contributed by atoms with Gasteiger partial charge in [0.05, 0.1) is 6.54 Å². The van der Waals surface area contributed by atoms with Gasteiger partial charge in [-0.3, -0.25) is 9.59 Å². The highest BCUT2D eigenvalue weighted by molar-refractivity contribution is 5.98. The zero-order valence-electron chi connectivity index (χ0n) is 17.1. The Morgan fingerprint density at radius 1 is 0.839 bits per heavy atom. The lowest BCUT2D eigenvalue weighted by Crippen LogP contribution is -2.40. The summed E-state index contributed by atoms with van der Waals surface area (Å²) in [5.41, 5.74) is 3.11. The SMILES string of the molecule is O=C(COc1ccccc1OCc1ccccc1)NCC(=O)N1CCc2ccccc21. The van der Waals surface area contributed by atoms with Crippen LogP contribution < -0.4 is 19.7 Å². The van der Waals surface area contributed by atoms with E-state index in [1.807, 2.05) is 66.7 Å². The number of carbonyl (C=O) groups is 2. The van der Waals surface area contributed by atoms with Crippen LogP contribution in [0.4, 0.5) is 5.69 Å². The van der Waals surface area contributed by atoms with Crippen molar-refractivity contribution in [3.63, 3.8) is 0 Å². The summed E-state index contributed by atoms with van der Waals surface area (Å²) in [7, 11) is 0. The summed E-state index contributed by atoms with van der Waals surface area (Å²) in [6, 6.07) is 24.8. The molecule has 3 aromatic rings. The zero-order valence-corrected chi connectivity index (χ0v) is 17.1. The van der Waals surface area contributed by atoms with Crippen LogP contribution >= 0.6 is 0 Å². The summed E-state index contributed by atoms with van der Waals surface area (Å²) in [5, 5.41) is 2.64. The number of anilines is 1. The monoisotopic (exact) mass is 416 g/mol. The van der Waals surface area contributed by atoms with E-state index < -0.39 is 0 Å². The summed E-state index contributed by atoms with van der Waals surface area (Å²) in [4.78, 5) is 26.4. The van der Waals surface area contributed by atoms with Crippen molar-refractivity contribution >= 4 is 17.5 Å². The van der Waals surface area contributed by atoms with Crippen LogP contribution in [-0.4, -0.2) is 31.5 Å². The standard InChI is InChI=1S/C25H24N2O4/c28-24(26-16-25(29)27-15-14-20-10-4-5-11-21(20)27)18-31-23-13-7-6-12-22(23)30-17-19-8-2-1-3-9-19/h1-13H,14-18H2,(H,26,28). The highest BCUT2D eigenvalue weighted by atomic mass is 16.5. The van der Waals surface area contributed by atoms with Crippen molar-refractivity contribution in [3.05, 3.63) is 90.0 Å². The van der Waals surface area contributed by atoms with E-state index in [4.69, 9.17) is 9.47 Å². The maximum Gasteiger partial charge on any atom is 0.258 e. The summed E-state index contributed by atoms with van der Waals surface area (Å²) in [5.74, 6) is 0.542. The van der Waals surface area contributed by atoms with Gasteiger partial charge in [0.1, 0.15) is 6.61 Å². The minimum atomic E-state index is -0.362. The van der Waals surface area contributed by atoms with Gasteiger partial charge >= 0.3 is 0 Å². The number of carbonyl (C=O) groups excluding carboxylic acids is 2. The van der Waals surface area contributed by atoms with Gasteiger partial charge in [-0.1, -0.05) is 60.7 Å². The van der Waals surface area contributed by atoms with Crippen molar-refractivity contribution in [2.75, 3.05) is 24.6 Å². The average Bonchev–Trinajstić information content (AvgIpc) is 3.25. The van der Waals surface area contributed by atoms with Crippen molar-refractivity contribution in [2.45, 2.75) is 13.0 Å². The Balaban J connectivity index is 1.26. The Kier molecular flexibility index (Phi) is 6.47. The summed E-state index contributed by atoms with van der Waals surface area (Å²) < 4.78 is 11.5. The van der Waals surface area contributed by atoms with E-state index in [1.54, 1.807) is 17.0 Å². The minimum Gasteiger partial charge on any atom is -0.485 e. The second kappa shape index (κ2) is 9.80. The van der Waals surface area contributed by atoms with E-state index in [0.29, 0.717) is 24.7 Å². The van der Waals surface area contributed by atoms with Gasteiger partial charge in [-0.2, -0.15) is 0 Å². The molecule has 0 atom stereocenters. The van der Waals surface area contributed by atoms with Gasteiger partial charge in [-0.25, -0.2) is 0 Å². The van der Waals surface area contributed by atoms with Crippen LogP contribution in [-0.2, 0) is 22.6 Å². The van der Waals surface area contributed by atoms with Crippen molar-refractivity contribution in [3.8, 4) is 11.5 Å². The first-order valence-electron chi connectivity index (χ1n) is 10.2. The van der Waals surface area contributed by atoms with Crippen LogP contribution in [0, 0.1) is 0 Å². The van der Waals surface area contributed by atoms with Crippen LogP contribution in [0.15, 0.2) is 78.9 Å². The molecule has 0 radical (unpaired) electrons. The van der Waals surface area contributed by atoms with Crippen LogP contribution in [0.25, 0.3) is 0 Å². The molecule has 0 aromatic heterocycles. The topological polar surface area (TPSA) is 67.9 Å². The Morgan fingerprint density at radius 2 is 1.52 bits per heavy atom. The van der Waals surface area contributed by atoms with E-state index >= 15 is 0 Å². The molecular formula is C25H24N2O4. The molecule has 1 heterocycles. The molecule has 6 heteroatoms.